The van der Waals surface area contributed by atoms with Gasteiger partial charge in [0.05, 0.1) is 5.39 Å². The molecule has 5 heteroatoms. The number of fused-ring (bicyclic) bond motifs is 1. The van der Waals surface area contributed by atoms with Gasteiger partial charge in [0.1, 0.15) is 10.7 Å². The van der Waals surface area contributed by atoms with Crippen molar-refractivity contribution in [2.24, 2.45) is 0 Å². The highest BCUT2D eigenvalue weighted by molar-refractivity contribution is 7.19. The minimum Gasteiger partial charge on any atom is -0.313 e. The number of H-pyrrole nitrogens is 1. The van der Waals surface area contributed by atoms with Crippen molar-refractivity contribution < 1.29 is 0 Å². The van der Waals surface area contributed by atoms with E-state index in [4.69, 9.17) is 0 Å². The zero-order valence-corrected chi connectivity index (χ0v) is 11.3. The molecule has 0 spiro atoms. The average molecular weight is 261 g/mol. The summed E-state index contributed by atoms with van der Waals surface area (Å²) in [6.45, 7) is 5.75. The predicted molar refractivity (Wildman–Crippen MR) is 75.2 cm³/mol. The summed E-state index contributed by atoms with van der Waals surface area (Å²) in [5.74, 6) is 0.680. The standard InChI is InChI=1S/C13H15N3OS/c1-7-10-12(17)15-8(2)16-13(10)18-11(7)9-3-5-14-6-4-9/h3,14H,4-6H2,1-2H3,(H,15,16,17). The van der Waals surface area contributed by atoms with E-state index in [9.17, 15) is 4.79 Å². The first-order valence-electron chi connectivity index (χ1n) is 6.07. The van der Waals surface area contributed by atoms with Crippen molar-refractivity contribution in [3.63, 3.8) is 0 Å². The van der Waals surface area contributed by atoms with Crippen LogP contribution in [0.1, 0.15) is 22.7 Å². The molecule has 4 nitrogen and oxygen atoms in total. The number of nitrogens with one attached hydrogen (secondary N) is 2. The Kier molecular flexibility index (Phi) is 2.80. The summed E-state index contributed by atoms with van der Waals surface area (Å²) >= 11 is 1.63. The van der Waals surface area contributed by atoms with Crippen LogP contribution in [-0.2, 0) is 0 Å². The van der Waals surface area contributed by atoms with E-state index in [1.807, 2.05) is 13.8 Å². The van der Waals surface area contributed by atoms with E-state index < -0.39 is 0 Å². The second-order valence-electron chi connectivity index (χ2n) is 4.57. The van der Waals surface area contributed by atoms with Crippen molar-refractivity contribution in [1.82, 2.24) is 15.3 Å². The molecule has 0 atom stereocenters. The summed E-state index contributed by atoms with van der Waals surface area (Å²) in [7, 11) is 0. The van der Waals surface area contributed by atoms with Crippen molar-refractivity contribution in [2.45, 2.75) is 20.3 Å². The Labute approximate surface area is 109 Å². The smallest absolute Gasteiger partial charge is 0.259 e. The Hall–Kier alpha value is -1.46. The molecule has 0 bridgehead atoms. The summed E-state index contributed by atoms with van der Waals surface area (Å²) in [5, 5.41) is 4.05. The molecule has 0 fully saturated rings. The van der Waals surface area contributed by atoms with Crippen LogP contribution in [0.15, 0.2) is 10.9 Å². The maximum atomic E-state index is 12.0. The van der Waals surface area contributed by atoms with Gasteiger partial charge in [-0.2, -0.15) is 0 Å². The van der Waals surface area contributed by atoms with E-state index in [0.717, 1.165) is 35.3 Å². The van der Waals surface area contributed by atoms with Crippen LogP contribution in [-0.4, -0.2) is 23.1 Å². The van der Waals surface area contributed by atoms with Crippen molar-refractivity contribution in [1.29, 1.82) is 0 Å². The minimum absolute atomic E-state index is 0.0213. The molecule has 0 aliphatic carbocycles. The average Bonchev–Trinajstić information content (AvgIpc) is 2.67. The van der Waals surface area contributed by atoms with Gasteiger partial charge >= 0.3 is 0 Å². The normalized spacial score (nSPS) is 16.0. The third kappa shape index (κ3) is 1.79. The number of aryl methyl sites for hydroxylation is 2. The van der Waals surface area contributed by atoms with E-state index in [-0.39, 0.29) is 5.56 Å². The van der Waals surface area contributed by atoms with Crippen LogP contribution in [0.5, 0.6) is 0 Å². The molecule has 18 heavy (non-hydrogen) atoms. The zero-order valence-electron chi connectivity index (χ0n) is 10.5. The quantitative estimate of drug-likeness (QED) is 0.825. The number of thiophene rings is 1. The monoisotopic (exact) mass is 261 g/mol. The Morgan fingerprint density at radius 2 is 2.22 bits per heavy atom. The molecule has 1 aliphatic heterocycles. The molecule has 2 aromatic rings. The summed E-state index contributed by atoms with van der Waals surface area (Å²) in [4.78, 5) is 21.3. The molecule has 1 aliphatic rings. The van der Waals surface area contributed by atoms with Gasteiger partial charge in [-0.3, -0.25) is 4.79 Å². The maximum absolute atomic E-state index is 12.0. The van der Waals surface area contributed by atoms with Gasteiger partial charge in [-0.15, -0.1) is 11.3 Å². The lowest BCUT2D eigenvalue weighted by atomic mass is 10.0. The number of hydrogen-bond donors (Lipinski definition) is 2. The van der Waals surface area contributed by atoms with Crippen molar-refractivity contribution in [2.75, 3.05) is 13.1 Å². The fraction of sp³-hybridized carbons (Fsp3) is 0.385. The van der Waals surface area contributed by atoms with Crippen molar-refractivity contribution in [3.8, 4) is 0 Å². The van der Waals surface area contributed by atoms with E-state index in [0.29, 0.717) is 5.82 Å². The van der Waals surface area contributed by atoms with Crippen LogP contribution >= 0.6 is 11.3 Å². The number of rotatable bonds is 1. The first-order valence-corrected chi connectivity index (χ1v) is 6.88. The van der Waals surface area contributed by atoms with E-state index in [1.165, 1.54) is 10.5 Å². The fourth-order valence-corrected chi connectivity index (χ4v) is 3.68. The van der Waals surface area contributed by atoms with E-state index in [1.54, 1.807) is 11.3 Å². The lowest BCUT2D eigenvalue weighted by Crippen LogP contribution is -2.19. The lowest BCUT2D eigenvalue weighted by Gasteiger charge is -2.13. The Morgan fingerprint density at radius 1 is 1.39 bits per heavy atom. The van der Waals surface area contributed by atoms with E-state index in [2.05, 4.69) is 21.4 Å². The van der Waals surface area contributed by atoms with Crippen LogP contribution < -0.4 is 10.9 Å². The van der Waals surface area contributed by atoms with Crippen molar-refractivity contribution in [3.05, 3.63) is 32.7 Å². The number of aromatic amines is 1. The highest BCUT2D eigenvalue weighted by Crippen LogP contribution is 2.34. The molecule has 2 N–H and O–H groups in total. The molecule has 3 rings (SSSR count). The minimum atomic E-state index is -0.0213. The highest BCUT2D eigenvalue weighted by atomic mass is 32.1. The zero-order chi connectivity index (χ0) is 12.7. The molecular formula is C13H15N3OS. The van der Waals surface area contributed by atoms with Gasteiger partial charge in [0.25, 0.3) is 5.56 Å². The van der Waals surface area contributed by atoms with Gasteiger partial charge < -0.3 is 10.3 Å². The first-order chi connectivity index (χ1) is 8.66. The van der Waals surface area contributed by atoms with Crippen LogP contribution in [0.25, 0.3) is 15.8 Å². The summed E-state index contributed by atoms with van der Waals surface area (Å²) in [6, 6.07) is 0. The van der Waals surface area contributed by atoms with Gasteiger partial charge in [0.15, 0.2) is 0 Å². The number of nitrogens with zero attached hydrogens (tertiary/aromatic N) is 1. The second kappa shape index (κ2) is 4.33. The third-order valence-electron chi connectivity index (χ3n) is 3.27. The summed E-state index contributed by atoms with van der Waals surface area (Å²) < 4.78 is 0. The summed E-state index contributed by atoms with van der Waals surface area (Å²) in [6.07, 6.45) is 3.23. The molecular weight excluding hydrogens is 246 g/mol. The van der Waals surface area contributed by atoms with Gasteiger partial charge in [0, 0.05) is 11.4 Å². The second-order valence-corrected chi connectivity index (χ2v) is 5.57. The summed E-state index contributed by atoms with van der Waals surface area (Å²) in [5.41, 5.74) is 2.38. The topological polar surface area (TPSA) is 57.8 Å². The molecule has 0 amide bonds. The molecule has 0 saturated heterocycles. The van der Waals surface area contributed by atoms with Crippen LogP contribution in [0, 0.1) is 13.8 Å². The van der Waals surface area contributed by atoms with Crippen LogP contribution in [0.3, 0.4) is 0 Å². The van der Waals surface area contributed by atoms with Crippen molar-refractivity contribution >= 4 is 27.1 Å². The highest BCUT2D eigenvalue weighted by Gasteiger charge is 2.17. The van der Waals surface area contributed by atoms with Gasteiger partial charge in [0.2, 0.25) is 0 Å². The van der Waals surface area contributed by atoms with E-state index >= 15 is 0 Å². The first kappa shape index (κ1) is 11.6. The molecule has 94 valence electrons. The Balaban J connectivity index is 2.26. The fourth-order valence-electron chi connectivity index (χ4n) is 2.39. The van der Waals surface area contributed by atoms with Crippen LogP contribution in [0.2, 0.25) is 0 Å². The third-order valence-corrected chi connectivity index (χ3v) is 4.54. The number of hydrogen-bond acceptors (Lipinski definition) is 4. The largest absolute Gasteiger partial charge is 0.313 e. The molecule has 0 aromatic carbocycles. The SMILES string of the molecule is Cc1nc2sc(C3=CCNCC3)c(C)c2c(=O)[nH]1. The molecule has 0 saturated carbocycles. The van der Waals surface area contributed by atoms with Gasteiger partial charge in [-0.05, 0) is 37.9 Å². The molecule has 0 unspecified atom stereocenters. The van der Waals surface area contributed by atoms with Crippen LogP contribution in [0.4, 0.5) is 0 Å². The predicted octanol–water partition coefficient (Wildman–Crippen LogP) is 1.98. The molecule has 2 aromatic heterocycles. The lowest BCUT2D eigenvalue weighted by molar-refractivity contribution is 0.739. The van der Waals surface area contributed by atoms with Gasteiger partial charge in [-0.25, -0.2) is 4.98 Å². The number of aromatic nitrogens is 2. The van der Waals surface area contributed by atoms with Gasteiger partial charge in [-0.1, -0.05) is 6.08 Å². The Morgan fingerprint density at radius 3 is 2.94 bits per heavy atom. The molecule has 0 radical (unpaired) electrons. The Bertz CT molecular complexity index is 696. The maximum Gasteiger partial charge on any atom is 0.259 e. The molecule has 3 heterocycles.